The Balaban J connectivity index is 0.000000204. The van der Waals surface area contributed by atoms with Crippen LogP contribution in [-0.4, -0.2) is 15.9 Å². The average molecular weight is 729 g/mol. The van der Waals surface area contributed by atoms with Crippen LogP contribution in [0.4, 0.5) is 0 Å². The number of ketones is 1. The zero-order valence-corrected chi connectivity index (χ0v) is 26.5. The standard InChI is InChI=1S/C21H10NOS.C13H24O2.Ir/c1-2-5-13-12(4-1)8-9-14-20-19-16(10-11-22-20)23-15-6-3-7-17(18(15)19)24-21(13)14;1-5-10(6-2)12(14)9-13(15)11(7-3)8-4;/h1-8,10-11H;9-11,14H,5-8H2,1-4H3;/q-1;;/b;12-9-;. The van der Waals surface area contributed by atoms with Crippen LogP contribution in [-0.2, 0) is 24.9 Å². The summed E-state index contributed by atoms with van der Waals surface area (Å²) in [5.74, 6) is 0.547. The number of rotatable bonds is 7. The topological polar surface area (TPSA) is 63.3 Å². The molecular formula is C34H34IrNO3S-. The van der Waals surface area contributed by atoms with Crippen LogP contribution in [0.5, 0.6) is 0 Å². The van der Waals surface area contributed by atoms with Crippen molar-refractivity contribution in [2.45, 2.75) is 53.4 Å². The van der Waals surface area contributed by atoms with E-state index >= 15 is 0 Å². The molecule has 0 unspecified atom stereocenters. The van der Waals surface area contributed by atoms with E-state index < -0.39 is 0 Å². The van der Waals surface area contributed by atoms with Gasteiger partial charge in [0.15, 0.2) is 5.78 Å². The molecule has 0 spiro atoms. The number of carbonyl (C=O) groups excluding carboxylic acids is 1. The van der Waals surface area contributed by atoms with Crippen LogP contribution in [0.1, 0.15) is 53.4 Å². The molecule has 6 heteroatoms. The van der Waals surface area contributed by atoms with E-state index in [-0.39, 0.29) is 43.5 Å². The van der Waals surface area contributed by atoms with E-state index in [1.807, 2.05) is 46.0 Å². The maximum Gasteiger partial charge on any atom is 0.162 e. The van der Waals surface area contributed by atoms with Gasteiger partial charge in [0.25, 0.3) is 0 Å². The number of furan rings is 1. The minimum Gasteiger partial charge on any atom is -0.512 e. The fourth-order valence-corrected chi connectivity index (χ4v) is 6.58. The van der Waals surface area contributed by atoms with Gasteiger partial charge in [-0.3, -0.25) is 4.79 Å². The summed E-state index contributed by atoms with van der Waals surface area (Å²) in [7, 11) is 0. The largest absolute Gasteiger partial charge is 0.512 e. The maximum absolute atomic E-state index is 11.7. The van der Waals surface area contributed by atoms with Crippen molar-refractivity contribution in [2.75, 3.05) is 0 Å². The quantitative estimate of drug-likeness (QED) is 0.101. The molecule has 0 aliphatic heterocycles. The number of nitrogens with zero attached hydrogens (tertiary/aromatic N) is 1. The molecule has 1 radical (unpaired) electrons. The van der Waals surface area contributed by atoms with E-state index in [9.17, 15) is 9.90 Å². The summed E-state index contributed by atoms with van der Waals surface area (Å²) in [6, 6.07) is 22.2. The van der Waals surface area contributed by atoms with Crippen molar-refractivity contribution < 1.29 is 34.4 Å². The Bertz CT molecular complexity index is 1810. The smallest absolute Gasteiger partial charge is 0.162 e. The Morgan fingerprint density at radius 3 is 2.38 bits per heavy atom. The Morgan fingerprint density at radius 1 is 0.950 bits per heavy atom. The summed E-state index contributed by atoms with van der Waals surface area (Å²) in [6.07, 6.45) is 6.73. The van der Waals surface area contributed by atoms with E-state index in [1.54, 1.807) is 11.3 Å². The molecule has 3 heterocycles. The molecule has 0 atom stereocenters. The molecule has 0 aliphatic rings. The van der Waals surface area contributed by atoms with Gasteiger partial charge in [-0.25, -0.2) is 0 Å². The number of hydrogen-bond acceptors (Lipinski definition) is 5. The first-order valence-corrected chi connectivity index (χ1v) is 14.7. The molecular weight excluding hydrogens is 695 g/mol. The fraction of sp³-hybridized carbons (Fsp3) is 0.294. The van der Waals surface area contributed by atoms with Crippen molar-refractivity contribution in [1.29, 1.82) is 0 Å². The molecule has 3 aromatic carbocycles. The minimum atomic E-state index is 0. The SMILES string of the molecule is CCC(CC)C(=O)/C=C(\O)C(CC)CC.[Ir].[c-]1cc2ccccc2c2sc3cccc4oc5ccnc(c12)c5c43. The first kappa shape index (κ1) is 29.9. The van der Waals surface area contributed by atoms with Crippen LogP contribution >= 0.6 is 11.3 Å². The summed E-state index contributed by atoms with van der Waals surface area (Å²) in [5.41, 5.74) is 2.77. The molecule has 0 fully saturated rings. The molecule has 4 nitrogen and oxygen atoms in total. The second-order valence-corrected chi connectivity index (χ2v) is 11.0. The second-order valence-electron chi connectivity index (χ2n) is 9.94. The van der Waals surface area contributed by atoms with Gasteiger partial charge in [0, 0.05) is 65.2 Å². The summed E-state index contributed by atoms with van der Waals surface area (Å²) in [5, 5.41) is 15.5. The predicted octanol–water partition coefficient (Wildman–Crippen LogP) is 10.2. The third kappa shape index (κ3) is 5.58. The van der Waals surface area contributed by atoms with Gasteiger partial charge >= 0.3 is 0 Å². The molecule has 0 bridgehead atoms. The molecule has 40 heavy (non-hydrogen) atoms. The third-order valence-corrected chi connectivity index (χ3v) is 8.89. The van der Waals surface area contributed by atoms with Gasteiger partial charge in [-0.1, -0.05) is 68.8 Å². The predicted molar refractivity (Wildman–Crippen MR) is 165 cm³/mol. The van der Waals surface area contributed by atoms with Gasteiger partial charge in [-0.15, -0.1) is 17.5 Å². The van der Waals surface area contributed by atoms with Gasteiger partial charge < -0.3 is 14.5 Å². The monoisotopic (exact) mass is 729 g/mol. The molecule has 0 saturated carbocycles. The molecule has 3 aromatic heterocycles. The first-order valence-electron chi connectivity index (χ1n) is 13.9. The molecule has 0 amide bonds. The number of hydrogen-bond donors (Lipinski definition) is 1. The van der Waals surface area contributed by atoms with Gasteiger partial charge in [0.1, 0.15) is 11.2 Å². The average Bonchev–Trinajstić information content (AvgIpc) is 3.27. The molecule has 209 valence electrons. The fourth-order valence-electron chi connectivity index (χ4n) is 5.36. The first-order chi connectivity index (χ1) is 19.0. The normalized spacial score (nSPS) is 12.0. The summed E-state index contributed by atoms with van der Waals surface area (Å²) in [4.78, 5) is 16.4. The van der Waals surface area contributed by atoms with E-state index in [0.717, 1.165) is 58.5 Å². The number of carbonyl (C=O) groups is 1. The van der Waals surface area contributed by atoms with Crippen molar-refractivity contribution in [3.63, 3.8) is 0 Å². The van der Waals surface area contributed by atoms with E-state index in [4.69, 9.17) is 9.40 Å². The number of allylic oxidation sites excluding steroid dienone is 2. The van der Waals surface area contributed by atoms with Crippen molar-refractivity contribution in [3.05, 3.63) is 78.7 Å². The van der Waals surface area contributed by atoms with E-state index in [2.05, 4.69) is 48.5 Å². The van der Waals surface area contributed by atoms with Gasteiger partial charge in [0.2, 0.25) is 0 Å². The number of aliphatic hydroxyl groups is 1. The van der Waals surface area contributed by atoms with E-state index in [0.29, 0.717) is 0 Å². The van der Waals surface area contributed by atoms with Gasteiger partial charge in [-0.05, 0) is 48.6 Å². The summed E-state index contributed by atoms with van der Waals surface area (Å²) >= 11 is 1.79. The second kappa shape index (κ2) is 13.1. The minimum absolute atomic E-state index is 0. The summed E-state index contributed by atoms with van der Waals surface area (Å²) in [6.45, 7) is 8.07. The molecule has 0 aliphatic carbocycles. The zero-order chi connectivity index (χ0) is 27.5. The van der Waals surface area contributed by atoms with Crippen LogP contribution in [0.2, 0.25) is 0 Å². The van der Waals surface area contributed by atoms with Crippen molar-refractivity contribution in [2.24, 2.45) is 11.8 Å². The zero-order valence-electron chi connectivity index (χ0n) is 23.3. The van der Waals surface area contributed by atoms with Crippen molar-refractivity contribution in [1.82, 2.24) is 4.98 Å². The van der Waals surface area contributed by atoms with Gasteiger partial charge in [-0.2, -0.15) is 11.3 Å². The van der Waals surface area contributed by atoms with E-state index in [1.165, 1.54) is 26.2 Å². The van der Waals surface area contributed by atoms with Crippen LogP contribution < -0.4 is 0 Å². The number of aliphatic hydroxyl groups excluding tert-OH is 1. The van der Waals surface area contributed by atoms with Crippen LogP contribution in [0.25, 0.3) is 53.0 Å². The Morgan fingerprint density at radius 2 is 1.65 bits per heavy atom. The van der Waals surface area contributed by atoms with Gasteiger partial charge in [0.05, 0.1) is 5.76 Å². The Kier molecular flexibility index (Phi) is 9.78. The van der Waals surface area contributed by atoms with Crippen LogP contribution in [0.3, 0.4) is 0 Å². The van der Waals surface area contributed by atoms with Crippen LogP contribution in [0, 0.1) is 17.9 Å². The van der Waals surface area contributed by atoms with Crippen molar-refractivity contribution >= 4 is 70.1 Å². The number of pyridine rings is 1. The number of fused-ring (bicyclic) bond motifs is 4. The number of aromatic nitrogens is 1. The Hall–Kier alpha value is -3.05. The summed E-state index contributed by atoms with van der Waals surface area (Å²) < 4.78 is 8.48. The van der Waals surface area contributed by atoms with Crippen LogP contribution in [0.15, 0.2) is 77.0 Å². The molecule has 6 rings (SSSR count). The maximum atomic E-state index is 11.7. The number of benzene rings is 3. The Labute approximate surface area is 252 Å². The third-order valence-electron chi connectivity index (χ3n) is 7.71. The molecule has 1 N–H and O–H groups in total. The van der Waals surface area contributed by atoms with Crippen molar-refractivity contribution in [3.8, 4) is 0 Å². The molecule has 6 aromatic rings. The molecule has 0 saturated heterocycles.